The van der Waals surface area contributed by atoms with Crippen molar-refractivity contribution in [1.82, 2.24) is 46.0 Å². The topological polar surface area (TPSA) is 443 Å². The standard InChI is InChI=1S/C28H30FN5O6.C24H26FN5O4.C21H24FN3O7.C7H8N2.2ClH/c1-17(35)39-25(26(40-18(2)36)28(38)34-15-20-4-3-9-31-23(20)16-34)27(37)32-14-19-7-10-33(11-8-19)24-6-5-22(29)12-21(24)13-30;25-18-3-4-20(17(10-18)11-26)29-8-5-15(6-9-29)12-28-23(33)21(31)22(32)24(34)30-13-16-2-1-7-27-19(16)14-30;1-12(26)31-18(19(21(29)30)32-13(2)27)20(28)24-11-14-5-7-25(8-6-14)17-4-3-16(22)9-15(17)10-23;1-2-6-4-8-5-7(6)9-3-1;;/h3-6,9,12,19,25-26H,7-8,10-11,14-16H2,1-2H3,(H,32,37);1-4,7,10,15,21-22,31-32H,5-6,8-9,12-14H2,(H,28,33);3-4,9,14,18-19H,5-8,11H2,1-2H3,(H,24,28)(H,29,30);1-3,8H,4-5H2;2*1H/t25-,26-;21-,22-;18-,19-;;;/m111.../s1. The van der Waals surface area contributed by atoms with Crippen LogP contribution in [0.4, 0.5) is 30.2 Å². The van der Waals surface area contributed by atoms with Gasteiger partial charge in [0.25, 0.3) is 29.5 Å². The van der Waals surface area contributed by atoms with Crippen molar-refractivity contribution in [1.29, 1.82) is 15.8 Å². The first-order valence-corrected chi connectivity index (χ1v) is 37.1. The molecule has 0 radical (unpaired) electrons. The molecule has 0 spiro atoms. The second-order valence-corrected chi connectivity index (χ2v) is 28.0. The van der Waals surface area contributed by atoms with Crippen molar-refractivity contribution in [3.05, 3.63) is 178 Å². The fourth-order valence-electron chi connectivity index (χ4n) is 14.0. The third-order valence-corrected chi connectivity index (χ3v) is 19.9. The van der Waals surface area contributed by atoms with Crippen LogP contribution in [0.15, 0.2) is 110 Å². The Morgan fingerprint density at radius 2 is 0.786 bits per heavy atom. The summed E-state index contributed by atoms with van der Waals surface area (Å²) in [5.74, 6) is -10.1. The molecule has 3 fully saturated rings. The number of aliphatic carboxylic acids is 1. The van der Waals surface area contributed by atoms with Crippen LogP contribution in [0.25, 0.3) is 0 Å². The number of carbonyl (C=O) groups excluding carboxylic acids is 9. The predicted octanol–water partition coefficient (Wildman–Crippen LogP) is 5.03. The van der Waals surface area contributed by atoms with E-state index in [9.17, 15) is 92.2 Å². The SMILES string of the molecule is CC(=O)O[C@@H](C(=O)NCC1CCN(c2ccc(F)cc2C#N)CC1)[C@@H](OC(C)=O)C(=O)N1Cc2cccnc2C1.CC(=O)O[C@@H](C(=O)O)[C@@H](OC(C)=O)C(=O)NCC1CCN(c2ccc(F)cc2C#N)CC1.Cl.Cl.N#Cc1cc(F)ccc1N1CCC(CNC(=O)[C@H](O)[C@@H](O)C(=O)N2Cc3cccnc3C2)CC1.c1cnc2c(c1)CNC2. The number of piperidine rings is 3. The zero-order valence-corrected chi connectivity index (χ0v) is 66.0. The average molecular weight is 1660 g/mol. The molecule has 32 nitrogen and oxygen atoms in total. The lowest BCUT2D eigenvalue weighted by atomic mass is 9.95. The van der Waals surface area contributed by atoms with Gasteiger partial charge in [-0.05, 0) is 146 Å². The summed E-state index contributed by atoms with van der Waals surface area (Å²) in [6, 6.07) is 29.6. The summed E-state index contributed by atoms with van der Waals surface area (Å²) in [5, 5.41) is 68.8. The van der Waals surface area contributed by atoms with Gasteiger partial charge in [0, 0.05) is 131 Å². The number of ether oxygens (including phenoxy) is 4. The summed E-state index contributed by atoms with van der Waals surface area (Å²) in [7, 11) is 0. The highest BCUT2D eigenvalue weighted by Gasteiger charge is 2.44. The van der Waals surface area contributed by atoms with Gasteiger partial charge in [-0.3, -0.25) is 58.1 Å². The van der Waals surface area contributed by atoms with E-state index < -0.39 is 113 Å². The number of benzene rings is 3. The summed E-state index contributed by atoms with van der Waals surface area (Å²) < 4.78 is 60.2. The second-order valence-electron chi connectivity index (χ2n) is 28.0. The molecule has 3 saturated heterocycles. The number of carbonyl (C=O) groups is 10. The largest absolute Gasteiger partial charge is 0.478 e. The van der Waals surface area contributed by atoms with Crippen LogP contribution in [0.2, 0.25) is 0 Å². The van der Waals surface area contributed by atoms with Crippen LogP contribution in [-0.4, -0.2) is 195 Å². The number of esters is 4. The number of pyridine rings is 3. The molecule has 6 atom stereocenters. The van der Waals surface area contributed by atoms with Crippen LogP contribution in [0.5, 0.6) is 0 Å². The van der Waals surface area contributed by atoms with E-state index in [0.717, 1.165) is 70.4 Å². The molecule has 0 saturated carbocycles. The van der Waals surface area contributed by atoms with E-state index in [1.165, 1.54) is 57.5 Å². The maximum Gasteiger partial charge on any atom is 0.349 e. The van der Waals surface area contributed by atoms with Crippen LogP contribution < -0.4 is 36.0 Å². The molecule has 6 aliphatic rings. The molecule has 0 unspecified atom stereocenters. The second kappa shape index (κ2) is 44.1. The third kappa shape index (κ3) is 25.7. The zero-order chi connectivity index (χ0) is 83.0. The van der Waals surface area contributed by atoms with Crippen molar-refractivity contribution >= 4 is 101 Å². The van der Waals surface area contributed by atoms with E-state index in [1.807, 2.05) is 57.3 Å². The molecule has 9 heterocycles. The minimum absolute atomic E-state index is 0. The number of hydrogen-bond acceptors (Lipinski definition) is 26. The zero-order valence-electron chi connectivity index (χ0n) is 64.4. The maximum absolute atomic E-state index is 13.5. The van der Waals surface area contributed by atoms with Crippen molar-refractivity contribution in [2.45, 2.75) is 142 Å². The summed E-state index contributed by atoms with van der Waals surface area (Å²) in [5.41, 5.74) is 8.44. The summed E-state index contributed by atoms with van der Waals surface area (Å²) in [6.07, 6.45) is -1.73. The Balaban J connectivity index is 0.000000228. The molecule has 0 bridgehead atoms. The van der Waals surface area contributed by atoms with Gasteiger partial charge in [0.1, 0.15) is 35.7 Å². The van der Waals surface area contributed by atoms with Crippen LogP contribution in [0.3, 0.4) is 0 Å². The van der Waals surface area contributed by atoms with Crippen molar-refractivity contribution in [3.63, 3.8) is 0 Å². The monoisotopic (exact) mass is 1660 g/mol. The Labute approximate surface area is 684 Å². The van der Waals surface area contributed by atoms with Gasteiger partial charge in [-0.25, -0.2) is 18.0 Å². The van der Waals surface area contributed by atoms with Crippen LogP contribution in [0.1, 0.15) is 117 Å². The van der Waals surface area contributed by atoms with Crippen LogP contribution in [0, 0.1) is 69.2 Å². The van der Waals surface area contributed by atoms with E-state index in [1.54, 1.807) is 42.7 Å². The number of anilines is 3. The maximum atomic E-state index is 13.5. The van der Waals surface area contributed by atoms with E-state index in [-0.39, 0.29) is 105 Å². The third-order valence-electron chi connectivity index (χ3n) is 19.9. The Morgan fingerprint density at radius 1 is 0.453 bits per heavy atom. The van der Waals surface area contributed by atoms with Gasteiger partial charge in [-0.2, -0.15) is 15.8 Å². The molecule has 37 heteroatoms. The number of aliphatic hydroxyl groups is 2. The Bertz CT molecular complexity index is 4610. The number of rotatable bonds is 22. The van der Waals surface area contributed by atoms with Gasteiger partial charge < -0.3 is 80.0 Å². The van der Waals surface area contributed by atoms with E-state index in [2.05, 4.69) is 47.0 Å². The number of carboxylic acid groups (broad SMARTS) is 1. The molecule has 6 aromatic rings. The van der Waals surface area contributed by atoms with E-state index in [0.29, 0.717) is 87.7 Å². The number of amides is 5. The Kier molecular flexibility index (Phi) is 34.8. The first kappa shape index (κ1) is 92.1. The molecular weight excluding hydrogens is 1570 g/mol. The Morgan fingerprint density at radius 3 is 1.14 bits per heavy atom. The summed E-state index contributed by atoms with van der Waals surface area (Å²) in [4.78, 5) is 143. The van der Waals surface area contributed by atoms with E-state index in [4.69, 9.17) is 14.2 Å². The minimum atomic E-state index is -1.97. The average Bonchev–Trinajstić information content (AvgIpc) is 1.68. The first-order chi connectivity index (χ1) is 55.1. The molecule has 7 N–H and O–H groups in total. The van der Waals surface area contributed by atoms with Crippen molar-refractivity contribution in [2.24, 2.45) is 17.8 Å². The molecule has 0 aliphatic carbocycles. The fraction of sp³-hybridized carbons (Fsp3) is 0.425. The molecule has 3 aromatic carbocycles. The van der Waals surface area contributed by atoms with Crippen molar-refractivity contribution in [2.75, 3.05) is 73.6 Å². The molecule has 5 amide bonds. The smallest absolute Gasteiger partial charge is 0.349 e. The number of aromatic nitrogens is 3. The van der Waals surface area contributed by atoms with Gasteiger partial charge in [0.15, 0.2) is 12.2 Å². The van der Waals surface area contributed by atoms with Crippen molar-refractivity contribution in [3.8, 4) is 18.2 Å². The lowest BCUT2D eigenvalue weighted by molar-refractivity contribution is -0.180. The Hall–Kier alpha value is -12.1. The number of hydrogen-bond donors (Lipinski definition) is 7. The van der Waals surface area contributed by atoms with Gasteiger partial charge in [-0.15, -0.1) is 24.8 Å². The highest BCUT2D eigenvalue weighted by Crippen LogP contribution is 2.32. The fourth-order valence-corrected chi connectivity index (χ4v) is 14.0. The molecule has 12 rings (SSSR count). The molecule has 117 heavy (non-hydrogen) atoms. The van der Waals surface area contributed by atoms with E-state index >= 15 is 0 Å². The molecular formula is C80H90Cl2F3N15O17. The van der Waals surface area contributed by atoms with Crippen molar-refractivity contribution < 1.29 is 95.4 Å². The first-order valence-electron chi connectivity index (χ1n) is 37.1. The number of nitrogens with zero attached hydrogens (tertiary/aromatic N) is 11. The normalized spacial score (nSPS) is 16.2. The highest BCUT2D eigenvalue weighted by atomic mass is 35.5. The number of nitrogens with one attached hydrogen (secondary N) is 4. The number of aliphatic hydroxyl groups excluding tert-OH is 2. The quantitative estimate of drug-likeness (QED) is 0.0346. The number of halogens is 5. The molecule has 622 valence electrons. The molecule has 6 aliphatic heterocycles. The number of fused-ring (bicyclic) bond motifs is 3. The highest BCUT2D eigenvalue weighted by molar-refractivity contribution is 5.94. The summed E-state index contributed by atoms with van der Waals surface area (Å²) in [6.45, 7) is 11.3. The van der Waals surface area contributed by atoms with Gasteiger partial charge in [0.05, 0.1) is 63.9 Å². The van der Waals surface area contributed by atoms with Gasteiger partial charge >= 0.3 is 29.8 Å². The lowest BCUT2D eigenvalue weighted by Gasteiger charge is -2.34. The lowest BCUT2D eigenvalue weighted by Crippen LogP contribution is -2.54. The van der Waals surface area contributed by atoms with Gasteiger partial charge in [0.2, 0.25) is 24.4 Å². The summed E-state index contributed by atoms with van der Waals surface area (Å²) >= 11 is 0. The number of nitriles is 3. The molecule has 3 aromatic heterocycles. The predicted molar refractivity (Wildman–Crippen MR) is 415 cm³/mol. The van der Waals surface area contributed by atoms with Crippen LogP contribution in [-0.2, 0) is 106 Å². The minimum Gasteiger partial charge on any atom is -0.478 e. The van der Waals surface area contributed by atoms with Crippen LogP contribution >= 0.6 is 24.8 Å². The number of carboxylic acids is 1. The van der Waals surface area contributed by atoms with Gasteiger partial charge in [-0.1, -0.05) is 18.2 Å².